The molecule has 0 bridgehead atoms. The molecule has 0 heterocycles. The molecule has 3 rings (SSSR count). The smallest absolute Gasteiger partial charge is 0.329 e. The molecule has 26 heavy (non-hydrogen) atoms. The van der Waals surface area contributed by atoms with Crippen LogP contribution in [0.5, 0.6) is 0 Å². The maximum absolute atomic E-state index is 11.1. The number of hydrogen-bond donors (Lipinski definition) is 2. The Morgan fingerprint density at radius 2 is 1.65 bits per heavy atom. The second kappa shape index (κ2) is 8.61. The Kier molecular flexibility index (Phi) is 6.00. The van der Waals surface area contributed by atoms with Gasteiger partial charge in [0, 0.05) is 12.5 Å². The van der Waals surface area contributed by atoms with Gasteiger partial charge in [-0.1, -0.05) is 72.8 Å². The number of benzene rings is 3. The van der Waals surface area contributed by atoms with E-state index in [1.807, 2.05) is 49.5 Å². The molecular weight excluding hydrogens is 326 g/mol. The minimum absolute atomic E-state index is 0.00800. The van der Waals surface area contributed by atoms with Crippen LogP contribution < -0.4 is 5.32 Å². The summed E-state index contributed by atoms with van der Waals surface area (Å²) in [7, 11) is 1.90. The number of hydrogen-bond acceptors (Lipinski definition) is 3. The second-order valence-electron chi connectivity index (χ2n) is 6.31. The minimum Gasteiger partial charge on any atom is -0.480 e. The van der Waals surface area contributed by atoms with Gasteiger partial charge in [0.15, 0.2) is 0 Å². The largest absolute Gasteiger partial charge is 0.480 e. The monoisotopic (exact) mass is 349 g/mol. The number of carbonyl (C=O) groups is 1. The van der Waals surface area contributed by atoms with Crippen LogP contribution in [0.1, 0.15) is 23.1 Å². The highest BCUT2D eigenvalue weighted by Crippen LogP contribution is 2.35. The van der Waals surface area contributed by atoms with Crippen molar-refractivity contribution in [2.75, 3.05) is 20.2 Å². The summed E-state index contributed by atoms with van der Waals surface area (Å²) in [5, 5.41) is 14.7. The van der Waals surface area contributed by atoms with Crippen LogP contribution in [0.4, 0.5) is 0 Å². The van der Waals surface area contributed by atoms with E-state index in [-0.39, 0.29) is 18.6 Å². The minimum atomic E-state index is -0.965. The quantitative estimate of drug-likeness (QED) is 0.646. The Hall–Kier alpha value is -2.69. The maximum atomic E-state index is 11.1. The molecule has 2 N–H and O–H groups in total. The maximum Gasteiger partial charge on any atom is 0.329 e. The van der Waals surface area contributed by atoms with Gasteiger partial charge in [-0.15, -0.1) is 0 Å². The molecule has 4 nitrogen and oxygen atoms in total. The average molecular weight is 349 g/mol. The van der Waals surface area contributed by atoms with Gasteiger partial charge in [0.2, 0.25) is 0 Å². The lowest BCUT2D eigenvalue weighted by Crippen LogP contribution is -2.26. The Morgan fingerprint density at radius 1 is 0.962 bits per heavy atom. The SMILES string of the molecule is CNC[C@@H](c1ccc2ccccc2c1)[C@@H](OCC(=O)O)c1ccccc1. The van der Waals surface area contributed by atoms with Crippen LogP contribution in [0.15, 0.2) is 72.8 Å². The number of carboxylic acids is 1. The van der Waals surface area contributed by atoms with E-state index in [0.29, 0.717) is 6.54 Å². The molecule has 0 spiro atoms. The molecule has 0 aliphatic carbocycles. The van der Waals surface area contributed by atoms with Gasteiger partial charge in [0.1, 0.15) is 6.61 Å². The zero-order valence-corrected chi connectivity index (χ0v) is 14.8. The van der Waals surface area contributed by atoms with Gasteiger partial charge in [-0.2, -0.15) is 0 Å². The molecule has 0 amide bonds. The van der Waals surface area contributed by atoms with Gasteiger partial charge >= 0.3 is 5.97 Å². The van der Waals surface area contributed by atoms with Crippen LogP contribution >= 0.6 is 0 Å². The van der Waals surface area contributed by atoms with Crippen molar-refractivity contribution in [2.45, 2.75) is 12.0 Å². The van der Waals surface area contributed by atoms with Crippen LogP contribution in [0, 0.1) is 0 Å². The molecule has 0 fully saturated rings. The Morgan fingerprint density at radius 3 is 2.35 bits per heavy atom. The van der Waals surface area contributed by atoms with Gasteiger partial charge < -0.3 is 15.2 Å². The van der Waals surface area contributed by atoms with Crippen molar-refractivity contribution in [3.05, 3.63) is 83.9 Å². The third-order valence-electron chi connectivity index (χ3n) is 4.51. The molecule has 3 aromatic rings. The lowest BCUT2D eigenvalue weighted by molar-refractivity contribution is -0.145. The van der Waals surface area contributed by atoms with Crippen molar-refractivity contribution in [3.63, 3.8) is 0 Å². The van der Waals surface area contributed by atoms with E-state index in [1.54, 1.807) is 0 Å². The first-order valence-electron chi connectivity index (χ1n) is 8.70. The summed E-state index contributed by atoms with van der Waals surface area (Å²) in [5.41, 5.74) is 2.10. The number of carboxylic acid groups (broad SMARTS) is 1. The molecule has 0 aliphatic heterocycles. The standard InChI is InChI=1S/C22H23NO3/c1-23-14-20(19-12-11-16-7-5-6-10-18(16)13-19)22(26-15-21(24)25)17-8-3-2-4-9-17/h2-13,20,22-23H,14-15H2,1H3,(H,24,25)/t20-,22-/m0/s1. The molecule has 0 saturated carbocycles. The van der Waals surface area contributed by atoms with E-state index in [4.69, 9.17) is 9.84 Å². The lowest BCUT2D eigenvalue weighted by atomic mass is 9.87. The van der Waals surface area contributed by atoms with E-state index in [9.17, 15) is 4.79 Å². The Labute approximate surface area is 153 Å². The van der Waals surface area contributed by atoms with Gasteiger partial charge in [0.05, 0.1) is 6.10 Å². The Balaban J connectivity index is 2.01. The molecule has 0 radical (unpaired) electrons. The fraction of sp³-hybridized carbons (Fsp3) is 0.227. The summed E-state index contributed by atoms with van der Waals surface area (Å²) < 4.78 is 5.83. The van der Waals surface area contributed by atoms with E-state index >= 15 is 0 Å². The molecule has 0 unspecified atom stereocenters. The molecule has 4 heteroatoms. The van der Waals surface area contributed by atoms with Gasteiger partial charge in [-0.25, -0.2) is 4.79 Å². The fourth-order valence-corrected chi connectivity index (χ4v) is 3.31. The van der Waals surface area contributed by atoms with Crippen LogP contribution in [0.2, 0.25) is 0 Å². The van der Waals surface area contributed by atoms with E-state index in [2.05, 4.69) is 35.6 Å². The lowest BCUT2D eigenvalue weighted by Gasteiger charge is -2.28. The number of ether oxygens (including phenoxy) is 1. The predicted octanol–water partition coefficient (Wildman–Crippen LogP) is 3.99. The summed E-state index contributed by atoms with van der Waals surface area (Å²) in [6, 6.07) is 24.4. The molecule has 0 aliphatic rings. The van der Waals surface area contributed by atoms with Crippen molar-refractivity contribution in [1.82, 2.24) is 5.32 Å². The van der Waals surface area contributed by atoms with Crippen LogP contribution in [0.25, 0.3) is 10.8 Å². The van der Waals surface area contributed by atoms with Crippen molar-refractivity contribution < 1.29 is 14.6 Å². The molecule has 3 aromatic carbocycles. The van der Waals surface area contributed by atoms with Crippen LogP contribution in [-0.4, -0.2) is 31.3 Å². The summed E-state index contributed by atoms with van der Waals surface area (Å²) in [5.74, 6) is -0.973. The number of nitrogens with one attached hydrogen (secondary N) is 1. The zero-order chi connectivity index (χ0) is 18.4. The van der Waals surface area contributed by atoms with Crippen molar-refractivity contribution in [1.29, 1.82) is 0 Å². The summed E-state index contributed by atoms with van der Waals surface area (Å²) >= 11 is 0. The third kappa shape index (κ3) is 4.28. The fourth-order valence-electron chi connectivity index (χ4n) is 3.31. The average Bonchev–Trinajstić information content (AvgIpc) is 2.67. The van der Waals surface area contributed by atoms with Gasteiger partial charge in [-0.05, 0) is 28.9 Å². The van der Waals surface area contributed by atoms with Crippen LogP contribution in [-0.2, 0) is 9.53 Å². The molecule has 134 valence electrons. The summed E-state index contributed by atoms with van der Waals surface area (Å²) in [6.45, 7) is 0.352. The second-order valence-corrected chi connectivity index (χ2v) is 6.31. The van der Waals surface area contributed by atoms with E-state index in [0.717, 1.165) is 16.5 Å². The number of aliphatic carboxylic acids is 1. The highest BCUT2D eigenvalue weighted by molar-refractivity contribution is 5.83. The highest BCUT2D eigenvalue weighted by Gasteiger charge is 2.26. The Bertz CT molecular complexity index is 863. The van der Waals surface area contributed by atoms with Crippen molar-refractivity contribution in [2.24, 2.45) is 0 Å². The first-order valence-corrected chi connectivity index (χ1v) is 8.70. The zero-order valence-electron chi connectivity index (χ0n) is 14.8. The van der Waals surface area contributed by atoms with Gasteiger partial charge in [0.25, 0.3) is 0 Å². The van der Waals surface area contributed by atoms with Crippen molar-refractivity contribution in [3.8, 4) is 0 Å². The van der Waals surface area contributed by atoms with Crippen molar-refractivity contribution >= 4 is 16.7 Å². The molecular formula is C22H23NO3. The normalized spacial score (nSPS) is 13.4. The molecule has 0 aromatic heterocycles. The molecule has 2 atom stereocenters. The number of likely N-dealkylation sites (N-methyl/N-ethyl adjacent to an activating group) is 1. The highest BCUT2D eigenvalue weighted by atomic mass is 16.5. The first kappa shape index (κ1) is 18.1. The number of fused-ring (bicyclic) bond motifs is 1. The summed E-state index contributed by atoms with van der Waals surface area (Å²) in [6.07, 6.45) is -0.346. The van der Waals surface area contributed by atoms with Gasteiger partial charge in [-0.3, -0.25) is 0 Å². The topological polar surface area (TPSA) is 58.6 Å². The predicted molar refractivity (Wildman–Crippen MR) is 103 cm³/mol. The molecule has 0 saturated heterocycles. The summed E-state index contributed by atoms with van der Waals surface area (Å²) in [4.78, 5) is 11.1. The first-order chi connectivity index (χ1) is 12.7. The van der Waals surface area contributed by atoms with E-state index in [1.165, 1.54) is 5.39 Å². The number of rotatable bonds is 8. The van der Waals surface area contributed by atoms with Crippen LogP contribution in [0.3, 0.4) is 0 Å². The third-order valence-corrected chi connectivity index (χ3v) is 4.51. The van der Waals surface area contributed by atoms with E-state index < -0.39 is 5.97 Å².